The molecule has 0 atom stereocenters. The topological polar surface area (TPSA) is 49.8 Å². The molecule has 0 amide bonds. The van der Waals surface area contributed by atoms with Gasteiger partial charge < -0.3 is 14.7 Å². The SMILES string of the molecule is CCCN(CC)CCCOc1ccc(C(=O)O)cc1. The number of benzene rings is 1. The lowest BCUT2D eigenvalue weighted by molar-refractivity contribution is 0.0697. The zero-order chi connectivity index (χ0) is 14.1. The lowest BCUT2D eigenvalue weighted by Gasteiger charge is -2.19. The summed E-state index contributed by atoms with van der Waals surface area (Å²) in [7, 11) is 0. The summed E-state index contributed by atoms with van der Waals surface area (Å²) >= 11 is 0. The van der Waals surface area contributed by atoms with Crippen molar-refractivity contribution in [3.05, 3.63) is 29.8 Å². The van der Waals surface area contributed by atoms with Crippen LogP contribution in [0.15, 0.2) is 24.3 Å². The number of carbonyl (C=O) groups is 1. The predicted octanol–water partition coefficient (Wildman–Crippen LogP) is 2.89. The monoisotopic (exact) mass is 265 g/mol. The summed E-state index contributed by atoms with van der Waals surface area (Å²) in [5.74, 6) is -0.187. The van der Waals surface area contributed by atoms with Crippen LogP contribution in [0.5, 0.6) is 5.75 Å². The summed E-state index contributed by atoms with van der Waals surface area (Å²) < 4.78 is 5.59. The van der Waals surface area contributed by atoms with E-state index in [1.807, 2.05) is 0 Å². The van der Waals surface area contributed by atoms with Crippen LogP contribution in [0.25, 0.3) is 0 Å². The molecule has 0 aromatic heterocycles. The van der Waals surface area contributed by atoms with Gasteiger partial charge in [0.05, 0.1) is 12.2 Å². The highest BCUT2D eigenvalue weighted by Crippen LogP contribution is 2.12. The smallest absolute Gasteiger partial charge is 0.335 e. The molecule has 1 aromatic rings. The fourth-order valence-corrected chi connectivity index (χ4v) is 1.92. The fourth-order valence-electron chi connectivity index (χ4n) is 1.92. The van der Waals surface area contributed by atoms with Crippen LogP contribution in [0.4, 0.5) is 0 Å². The number of hydrogen-bond donors (Lipinski definition) is 1. The number of rotatable bonds is 9. The summed E-state index contributed by atoms with van der Waals surface area (Å²) in [5.41, 5.74) is 0.285. The number of carboxylic acid groups (broad SMARTS) is 1. The van der Waals surface area contributed by atoms with E-state index >= 15 is 0 Å². The summed E-state index contributed by atoms with van der Waals surface area (Å²) in [6.45, 7) is 8.25. The molecule has 1 rings (SSSR count). The molecule has 106 valence electrons. The van der Waals surface area contributed by atoms with E-state index in [-0.39, 0.29) is 5.56 Å². The average molecular weight is 265 g/mol. The molecule has 0 aliphatic heterocycles. The average Bonchev–Trinajstić information content (AvgIpc) is 2.42. The van der Waals surface area contributed by atoms with Crippen LogP contribution in [0, 0.1) is 0 Å². The van der Waals surface area contributed by atoms with E-state index in [9.17, 15) is 4.79 Å². The molecular weight excluding hydrogens is 242 g/mol. The summed E-state index contributed by atoms with van der Waals surface area (Å²) in [5, 5.41) is 8.78. The van der Waals surface area contributed by atoms with Crippen molar-refractivity contribution in [3.8, 4) is 5.75 Å². The van der Waals surface area contributed by atoms with Crippen molar-refractivity contribution in [2.24, 2.45) is 0 Å². The molecule has 0 spiro atoms. The maximum atomic E-state index is 10.7. The van der Waals surface area contributed by atoms with Crippen molar-refractivity contribution < 1.29 is 14.6 Å². The molecule has 0 unspecified atom stereocenters. The minimum Gasteiger partial charge on any atom is -0.494 e. The van der Waals surface area contributed by atoms with Crippen LogP contribution in [0.1, 0.15) is 37.0 Å². The van der Waals surface area contributed by atoms with Crippen molar-refractivity contribution in [3.63, 3.8) is 0 Å². The fraction of sp³-hybridized carbons (Fsp3) is 0.533. The van der Waals surface area contributed by atoms with Gasteiger partial charge in [-0.15, -0.1) is 0 Å². The third-order valence-electron chi connectivity index (χ3n) is 2.98. The molecule has 1 aromatic carbocycles. The number of aromatic carboxylic acids is 1. The maximum absolute atomic E-state index is 10.7. The van der Waals surface area contributed by atoms with Gasteiger partial charge in [0.1, 0.15) is 5.75 Å². The second-order valence-electron chi connectivity index (χ2n) is 4.47. The Labute approximate surface area is 115 Å². The molecule has 4 nitrogen and oxygen atoms in total. The van der Waals surface area contributed by atoms with Gasteiger partial charge in [-0.05, 0) is 50.2 Å². The van der Waals surface area contributed by atoms with Crippen molar-refractivity contribution >= 4 is 5.97 Å². The third-order valence-corrected chi connectivity index (χ3v) is 2.98. The number of nitrogens with zero attached hydrogens (tertiary/aromatic N) is 1. The van der Waals surface area contributed by atoms with Crippen molar-refractivity contribution in [1.29, 1.82) is 0 Å². The summed E-state index contributed by atoms with van der Waals surface area (Å²) in [4.78, 5) is 13.1. The molecule has 0 aliphatic rings. The highest BCUT2D eigenvalue weighted by atomic mass is 16.5. The Balaban J connectivity index is 2.27. The number of hydrogen-bond acceptors (Lipinski definition) is 3. The first kappa shape index (κ1) is 15.5. The lowest BCUT2D eigenvalue weighted by atomic mass is 10.2. The predicted molar refractivity (Wildman–Crippen MR) is 75.9 cm³/mol. The Hall–Kier alpha value is -1.55. The van der Waals surface area contributed by atoms with Gasteiger partial charge in [0, 0.05) is 6.54 Å². The van der Waals surface area contributed by atoms with Gasteiger partial charge >= 0.3 is 5.97 Å². The highest BCUT2D eigenvalue weighted by Gasteiger charge is 2.03. The van der Waals surface area contributed by atoms with E-state index in [4.69, 9.17) is 9.84 Å². The third kappa shape index (κ3) is 5.75. The second kappa shape index (κ2) is 8.53. The molecule has 0 saturated heterocycles. The highest BCUT2D eigenvalue weighted by molar-refractivity contribution is 5.87. The van der Waals surface area contributed by atoms with Gasteiger partial charge in [-0.1, -0.05) is 13.8 Å². The molecule has 0 aliphatic carbocycles. The van der Waals surface area contributed by atoms with Crippen LogP contribution < -0.4 is 4.74 Å². The van der Waals surface area contributed by atoms with Crippen molar-refractivity contribution in [1.82, 2.24) is 4.90 Å². The molecule has 1 N–H and O–H groups in total. The molecule has 0 saturated carbocycles. The van der Waals surface area contributed by atoms with Gasteiger partial charge in [0.2, 0.25) is 0 Å². The van der Waals surface area contributed by atoms with E-state index in [0.29, 0.717) is 6.61 Å². The normalized spacial score (nSPS) is 10.7. The Bertz CT molecular complexity index is 375. The molecule has 0 heterocycles. The first-order valence-corrected chi connectivity index (χ1v) is 6.85. The van der Waals surface area contributed by atoms with Gasteiger partial charge in [0.25, 0.3) is 0 Å². The number of ether oxygens (including phenoxy) is 1. The molecule has 0 fully saturated rings. The zero-order valence-corrected chi connectivity index (χ0v) is 11.8. The quantitative estimate of drug-likeness (QED) is 0.697. The molecule has 4 heteroatoms. The zero-order valence-electron chi connectivity index (χ0n) is 11.8. The van der Waals surface area contributed by atoms with E-state index in [1.165, 1.54) is 6.42 Å². The Morgan fingerprint density at radius 3 is 2.42 bits per heavy atom. The second-order valence-corrected chi connectivity index (χ2v) is 4.47. The molecule has 19 heavy (non-hydrogen) atoms. The van der Waals surface area contributed by atoms with Gasteiger partial charge in [0.15, 0.2) is 0 Å². The molecule has 0 bridgehead atoms. The van der Waals surface area contributed by atoms with Crippen LogP contribution in [-0.2, 0) is 0 Å². The van der Waals surface area contributed by atoms with Crippen LogP contribution in [0.2, 0.25) is 0 Å². The number of carboxylic acids is 1. The van der Waals surface area contributed by atoms with Crippen LogP contribution in [0.3, 0.4) is 0 Å². The molecule has 0 radical (unpaired) electrons. The Morgan fingerprint density at radius 2 is 1.89 bits per heavy atom. The first-order chi connectivity index (χ1) is 9.17. The van der Waals surface area contributed by atoms with E-state index < -0.39 is 5.97 Å². The lowest BCUT2D eigenvalue weighted by Crippen LogP contribution is -2.26. The molecular formula is C15H23NO3. The van der Waals surface area contributed by atoms with E-state index in [0.717, 1.165) is 31.8 Å². The Kier molecular flexibility index (Phi) is 6.97. The first-order valence-electron chi connectivity index (χ1n) is 6.85. The van der Waals surface area contributed by atoms with Crippen molar-refractivity contribution in [2.45, 2.75) is 26.7 Å². The van der Waals surface area contributed by atoms with E-state index in [2.05, 4.69) is 18.7 Å². The van der Waals surface area contributed by atoms with Gasteiger partial charge in [-0.3, -0.25) is 0 Å². The summed E-state index contributed by atoms with van der Waals surface area (Å²) in [6.07, 6.45) is 2.15. The minimum absolute atomic E-state index is 0.285. The largest absolute Gasteiger partial charge is 0.494 e. The van der Waals surface area contributed by atoms with Crippen molar-refractivity contribution in [2.75, 3.05) is 26.2 Å². The maximum Gasteiger partial charge on any atom is 0.335 e. The summed E-state index contributed by atoms with van der Waals surface area (Å²) in [6, 6.07) is 6.53. The van der Waals surface area contributed by atoms with E-state index in [1.54, 1.807) is 24.3 Å². The van der Waals surface area contributed by atoms with Crippen LogP contribution in [-0.4, -0.2) is 42.2 Å². The van der Waals surface area contributed by atoms with Gasteiger partial charge in [-0.2, -0.15) is 0 Å². The minimum atomic E-state index is -0.912. The van der Waals surface area contributed by atoms with Gasteiger partial charge in [-0.25, -0.2) is 4.79 Å². The Morgan fingerprint density at radius 1 is 1.21 bits per heavy atom. The standard InChI is InChI=1S/C15H23NO3/c1-3-10-16(4-2)11-5-12-19-14-8-6-13(7-9-14)15(17)18/h6-9H,3-5,10-12H2,1-2H3,(H,17,18). The van der Waals surface area contributed by atoms with Crippen LogP contribution >= 0.6 is 0 Å².